The third-order valence-corrected chi connectivity index (χ3v) is 2.58. The summed E-state index contributed by atoms with van der Waals surface area (Å²) in [7, 11) is 4.05. The average molecular weight is 266 g/mol. The molecular formula is C14H26N4O. The van der Waals surface area contributed by atoms with Crippen molar-refractivity contribution in [1.29, 1.82) is 0 Å². The summed E-state index contributed by atoms with van der Waals surface area (Å²) in [6.45, 7) is 8.72. The van der Waals surface area contributed by atoms with Crippen LogP contribution in [0, 0.1) is 0 Å². The zero-order valence-corrected chi connectivity index (χ0v) is 12.7. The second-order valence-electron chi connectivity index (χ2n) is 5.18. The van der Waals surface area contributed by atoms with Gasteiger partial charge in [-0.05, 0) is 20.5 Å². The standard InChI is InChI=1S/C14H26N4O/c1-6-7-15-12-10-13(19-9-8-18(4)5)17-14(16-12)11(2)3/h10-11H,6-9H2,1-5H3,(H,15,16,17). The lowest BCUT2D eigenvalue weighted by Gasteiger charge is -2.13. The molecule has 0 bridgehead atoms. The number of hydrogen-bond acceptors (Lipinski definition) is 5. The molecule has 0 saturated carbocycles. The van der Waals surface area contributed by atoms with Crippen LogP contribution < -0.4 is 10.1 Å². The largest absolute Gasteiger partial charge is 0.476 e. The highest BCUT2D eigenvalue weighted by Crippen LogP contribution is 2.18. The van der Waals surface area contributed by atoms with Gasteiger partial charge in [-0.25, -0.2) is 4.98 Å². The molecule has 0 aliphatic rings. The molecule has 0 amide bonds. The van der Waals surface area contributed by atoms with Crippen LogP contribution in [0.3, 0.4) is 0 Å². The lowest BCUT2D eigenvalue weighted by atomic mass is 10.2. The fourth-order valence-electron chi connectivity index (χ4n) is 1.45. The molecule has 1 aromatic rings. The zero-order valence-electron chi connectivity index (χ0n) is 12.7. The molecule has 1 rings (SSSR count). The van der Waals surface area contributed by atoms with Gasteiger partial charge >= 0.3 is 0 Å². The van der Waals surface area contributed by atoms with Crippen molar-refractivity contribution in [3.8, 4) is 5.88 Å². The molecule has 1 N–H and O–H groups in total. The smallest absolute Gasteiger partial charge is 0.218 e. The fraction of sp³-hybridized carbons (Fsp3) is 0.714. The van der Waals surface area contributed by atoms with Crippen LogP contribution in [0.15, 0.2) is 6.07 Å². The van der Waals surface area contributed by atoms with Crippen molar-refractivity contribution in [3.05, 3.63) is 11.9 Å². The Morgan fingerprint density at radius 1 is 1.32 bits per heavy atom. The van der Waals surface area contributed by atoms with Crippen LogP contribution in [-0.4, -0.2) is 48.7 Å². The Bertz CT molecular complexity index is 380. The van der Waals surface area contributed by atoms with Gasteiger partial charge in [-0.15, -0.1) is 0 Å². The van der Waals surface area contributed by atoms with Gasteiger partial charge in [-0.1, -0.05) is 20.8 Å². The van der Waals surface area contributed by atoms with Gasteiger partial charge in [0.25, 0.3) is 0 Å². The predicted octanol–water partition coefficient (Wildman–Crippen LogP) is 2.36. The van der Waals surface area contributed by atoms with E-state index >= 15 is 0 Å². The minimum absolute atomic E-state index is 0.291. The Morgan fingerprint density at radius 2 is 2.05 bits per heavy atom. The van der Waals surface area contributed by atoms with E-state index in [1.807, 2.05) is 20.2 Å². The Balaban J connectivity index is 2.74. The van der Waals surface area contributed by atoms with Gasteiger partial charge in [-0.3, -0.25) is 0 Å². The van der Waals surface area contributed by atoms with Crippen LogP contribution >= 0.6 is 0 Å². The summed E-state index contributed by atoms with van der Waals surface area (Å²) in [6.07, 6.45) is 1.07. The first kappa shape index (κ1) is 15.7. The number of nitrogens with one attached hydrogen (secondary N) is 1. The normalized spacial score (nSPS) is 11.1. The molecule has 19 heavy (non-hydrogen) atoms. The topological polar surface area (TPSA) is 50.3 Å². The van der Waals surface area contributed by atoms with E-state index in [0.717, 1.165) is 31.2 Å². The van der Waals surface area contributed by atoms with Crippen molar-refractivity contribution < 1.29 is 4.74 Å². The quantitative estimate of drug-likeness (QED) is 0.783. The summed E-state index contributed by atoms with van der Waals surface area (Å²) in [4.78, 5) is 11.0. The van der Waals surface area contributed by atoms with E-state index in [4.69, 9.17) is 4.74 Å². The van der Waals surface area contributed by atoms with Gasteiger partial charge in [0.15, 0.2) is 0 Å². The van der Waals surface area contributed by atoms with Gasteiger partial charge in [0.1, 0.15) is 18.2 Å². The average Bonchev–Trinajstić information content (AvgIpc) is 2.35. The van der Waals surface area contributed by atoms with Crippen molar-refractivity contribution in [3.63, 3.8) is 0 Å². The molecule has 0 saturated heterocycles. The SMILES string of the molecule is CCCNc1cc(OCCN(C)C)nc(C(C)C)n1. The summed E-state index contributed by atoms with van der Waals surface area (Å²) < 4.78 is 5.70. The van der Waals surface area contributed by atoms with E-state index in [9.17, 15) is 0 Å². The van der Waals surface area contributed by atoms with Crippen LogP contribution in [0.4, 0.5) is 5.82 Å². The van der Waals surface area contributed by atoms with Gasteiger partial charge in [-0.2, -0.15) is 4.98 Å². The third kappa shape index (κ3) is 5.87. The molecule has 0 spiro atoms. The molecule has 108 valence electrons. The van der Waals surface area contributed by atoms with Crippen molar-refractivity contribution in [2.24, 2.45) is 0 Å². The number of anilines is 1. The van der Waals surface area contributed by atoms with Gasteiger partial charge in [0.05, 0.1) is 0 Å². The van der Waals surface area contributed by atoms with Crippen molar-refractivity contribution in [2.45, 2.75) is 33.1 Å². The highest BCUT2D eigenvalue weighted by atomic mass is 16.5. The Morgan fingerprint density at radius 3 is 2.63 bits per heavy atom. The molecule has 0 aliphatic carbocycles. The van der Waals surface area contributed by atoms with Crippen LogP contribution in [0.25, 0.3) is 0 Å². The summed E-state index contributed by atoms with van der Waals surface area (Å²) in [5, 5.41) is 3.29. The Hall–Kier alpha value is -1.36. The molecule has 0 aromatic carbocycles. The molecule has 0 fully saturated rings. The highest BCUT2D eigenvalue weighted by molar-refractivity contribution is 5.38. The first-order chi connectivity index (χ1) is 9.02. The zero-order chi connectivity index (χ0) is 14.3. The van der Waals surface area contributed by atoms with E-state index in [-0.39, 0.29) is 0 Å². The second kappa shape index (κ2) is 7.94. The molecule has 0 unspecified atom stereocenters. The minimum atomic E-state index is 0.291. The first-order valence-electron chi connectivity index (χ1n) is 6.93. The predicted molar refractivity (Wildman–Crippen MR) is 79.0 cm³/mol. The molecule has 1 aromatic heterocycles. The maximum Gasteiger partial charge on any atom is 0.218 e. The van der Waals surface area contributed by atoms with Gasteiger partial charge < -0.3 is 15.0 Å². The van der Waals surface area contributed by atoms with E-state index in [0.29, 0.717) is 18.4 Å². The fourth-order valence-corrected chi connectivity index (χ4v) is 1.45. The van der Waals surface area contributed by atoms with E-state index in [1.54, 1.807) is 0 Å². The number of nitrogens with zero attached hydrogens (tertiary/aromatic N) is 3. The van der Waals surface area contributed by atoms with Crippen molar-refractivity contribution in [1.82, 2.24) is 14.9 Å². The third-order valence-electron chi connectivity index (χ3n) is 2.58. The van der Waals surface area contributed by atoms with Crippen molar-refractivity contribution >= 4 is 5.82 Å². The van der Waals surface area contributed by atoms with Crippen LogP contribution in [-0.2, 0) is 0 Å². The first-order valence-corrected chi connectivity index (χ1v) is 6.93. The van der Waals surface area contributed by atoms with Crippen molar-refractivity contribution in [2.75, 3.05) is 39.1 Å². The lowest BCUT2D eigenvalue weighted by molar-refractivity contribution is 0.253. The molecule has 0 radical (unpaired) electrons. The molecule has 5 nitrogen and oxygen atoms in total. The number of rotatable bonds is 8. The summed E-state index contributed by atoms with van der Waals surface area (Å²) in [5.41, 5.74) is 0. The van der Waals surface area contributed by atoms with E-state index in [2.05, 4.69) is 41.0 Å². The van der Waals surface area contributed by atoms with E-state index in [1.165, 1.54) is 0 Å². The maximum absolute atomic E-state index is 5.70. The summed E-state index contributed by atoms with van der Waals surface area (Å²) in [6, 6.07) is 1.87. The second-order valence-corrected chi connectivity index (χ2v) is 5.18. The monoisotopic (exact) mass is 266 g/mol. The molecular weight excluding hydrogens is 240 g/mol. The molecule has 0 aliphatic heterocycles. The highest BCUT2D eigenvalue weighted by Gasteiger charge is 2.08. The van der Waals surface area contributed by atoms with E-state index < -0.39 is 0 Å². The number of hydrogen-bond donors (Lipinski definition) is 1. The summed E-state index contributed by atoms with van der Waals surface area (Å²) in [5.74, 6) is 2.61. The number of ether oxygens (including phenoxy) is 1. The Kier molecular flexibility index (Phi) is 6.56. The Labute approximate surface area is 116 Å². The maximum atomic E-state index is 5.70. The minimum Gasteiger partial charge on any atom is -0.476 e. The summed E-state index contributed by atoms with van der Waals surface area (Å²) >= 11 is 0. The molecule has 0 atom stereocenters. The van der Waals surface area contributed by atoms with Gasteiger partial charge in [0.2, 0.25) is 5.88 Å². The van der Waals surface area contributed by atoms with Crippen LogP contribution in [0.2, 0.25) is 0 Å². The number of aromatic nitrogens is 2. The number of likely N-dealkylation sites (N-methyl/N-ethyl adjacent to an activating group) is 1. The lowest BCUT2D eigenvalue weighted by Crippen LogP contribution is -2.20. The molecule has 5 heteroatoms. The molecule has 1 heterocycles. The van der Waals surface area contributed by atoms with Crippen LogP contribution in [0.5, 0.6) is 5.88 Å². The van der Waals surface area contributed by atoms with Crippen LogP contribution in [0.1, 0.15) is 38.9 Å². The van der Waals surface area contributed by atoms with Gasteiger partial charge in [0, 0.05) is 25.1 Å².